The molecule has 0 atom stereocenters. The Morgan fingerprint density at radius 2 is 2.21 bits per heavy atom. The molecule has 1 N–H and O–H groups in total. The van der Waals surface area contributed by atoms with Gasteiger partial charge in [0.2, 0.25) is 0 Å². The molecule has 0 saturated carbocycles. The van der Waals surface area contributed by atoms with E-state index < -0.39 is 0 Å². The Hall–Kier alpha value is -1.88. The highest BCUT2D eigenvalue weighted by Gasteiger charge is 2.08. The standard InChI is InChI=1S/C14H16N2O2S/c1-9(2)12-8-19-14(16-12)15-11-6-4-5-10(7-11)13(17)18-3/h4-9H,1-3H3,(H,15,16). The lowest BCUT2D eigenvalue weighted by Crippen LogP contribution is -2.01. The molecule has 19 heavy (non-hydrogen) atoms. The predicted molar refractivity (Wildman–Crippen MR) is 77.3 cm³/mol. The first-order valence-electron chi connectivity index (χ1n) is 6.01. The van der Waals surface area contributed by atoms with Crippen molar-refractivity contribution in [2.75, 3.05) is 12.4 Å². The summed E-state index contributed by atoms with van der Waals surface area (Å²) in [6.07, 6.45) is 0. The van der Waals surface area contributed by atoms with E-state index in [1.165, 1.54) is 7.11 Å². The number of carbonyl (C=O) groups excluding carboxylic acids is 1. The molecule has 1 aromatic carbocycles. The third-order valence-electron chi connectivity index (χ3n) is 2.65. The van der Waals surface area contributed by atoms with E-state index in [0.29, 0.717) is 11.5 Å². The topological polar surface area (TPSA) is 51.2 Å². The Labute approximate surface area is 116 Å². The second-order valence-corrected chi connectivity index (χ2v) is 5.29. The molecule has 0 amide bonds. The number of ether oxygens (including phenoxy) is 1. The molecule has 0 aliphatic rings. The molecule has 0 spiro atoms. The van der Waals surface area contributed by atoms with Crippen LogP contribution in [0.15, 0.2) is 29.6 Å². The monoisotopic (exact) mass is 276 g/mol. The van der Waals surface area contributed by atoms with E-state index in [1.807, 2.05) is 17.5 Å². The molecule has 0 aliphatic carbocycles. The molecule has 4 nitrogen and oxygen atoms in total. The molecule has 1 aromatic heterocycles. The molecule has 0 radical (unpaired) electrons. The third kappa shape index (κ3) is 3.32. The van der Waals surface area contributed by atoms with Crippen molar-refractivity contribution in [3.8, 4) is 0 Å². The van der Waals surface area contributed by atoms with Crippen molar-refractivity contribution >= 4 is 28.1 Å². The fraction of sp³-hybridized carbons (Fsp3) is 0.286. The van der Waals surface area contributed by atoms with Crippen LogP contribution in [-0.2, 0) is 4.74 Å². The van der Waals surface area contributed by atoms with Crippen LogP contribution in [0, 0.1) is 0 Å². The maximum Gasteiger partial charge on any atom is 0.337 e. The first kappa shape index (κ1) is 13.5. The Kier molecular flexibility index (Phi) is 4.16. The number of nitrogens with one attached hydrogen (secondary N) is 1. The number of hydrogen-bond donors (Lipinski definition) is 1. The van der Waals surface area contributed by atoms with Gasteiger partial charge in [-0.05, 0) is 24.1 Å². The van der Waals surface area contributed by atoms with Gasteiger partial charge in [0.15, 0.2) is 5.13 Å². The Bertz CT molecular complexity index is 578. The summed E-state index contributed by atoms with van der Waals surface area (Å²) in [6.45, 7) is 4.22. The average molecular weight is 276 g/mol. The lowest BCUT2D eigenvalue weighted by Gasteiger charge is -2.05. The second-order valence-electron chi connectivity index (χ2n) is 4.43. The molecule has 0 unspecified atom stereocenters. The van der Waals surface area contributed by atoms with Crippen LogP contribution in [0.5, 0.6) is 0 Å². The summed E-state index contributed by atoms with van der Waals surface area (Å²) in [5.41, 5.74) is 2.41. The van der Waals surface area contributed by atoms with Gasteiger partial charge in [0.1, 0.15) is 0 Å². The maximum atomic E-state index is 11.4. The normalized spacial score (nSPS) is 10.5. The number of thiazole rings is 1. The molecule has 1 heterocycles. The average Bonchev–Trinajstić information content (AvgIpc) is 2.87. The molecule has 0 aliphatic heterocycles. The van der Waals surface area contributed by atoms with Gasteiger partial charge in [-0.1, -0.05) is 19.9 Å². The highest BCUT2D eigenvalue weighted by Crippen LogP contribution is 2.25. The summed E-state index contributed by atoms with van der Waals surface area (Å²) in [4.78, 5) is 15.9. The van der Waals surface area contributed by atoms with Crippen LogP contribution in [0.4, 0.5) is 10.8 Å². The minimum absolute atomic E-state index is 0.342. The van der Waals surface area contributed by atoms with Crippen molar-refractivity contribution in [1.82, 2.24) is 4.98 Å². The van der Waals surface area contributed by atoms with Crippen LogP contribution >= 0.6 is 11.3 Å². The number of esters is 1. The van der Waals surface area contributed by atoms with Gasteiger partial charge in [-0.25, -0.2) is 9.78 Å². The number of benzene rings is 1. The zero-order chi connectivity index (χ0) is 13.8. The molecule has 0 saturated heterocycles. The van der Waals surface area contributed by atoms with E-state index in [0.717, 1.165) is 16.5 Å². The number of carbonyl (C=O) groups is 1. The predicted octanol–water partition coefficient (Wildman–Crippen LogP) is 3.80. The molecular weight excluding hydrogens is 260 g/mol. The Morgan fingerprint density at radius 1 is 1.42 bits per heavy atom. The quantitative estimate of drug-likeness (QED) is 0.863. The zero-order valence-electron chi connectivity index (χ0n) is 11.1. The van der Waals surface area contributed by atoms with E-state index >= 15 is 0 Å². The molecule has 100 valence electrons. The van der Waals surface area contributed by atoms with Crippen LogP contribution in [0.3, 0.4) is 0 Å². The summed E-state index contributed by atoms with van der Waals surface area (Å²) < 4.78 is 4.70. The number of aromatic nitrogens is 1. The van der Waals surface area contributed by atoms with Gasteiger partial charge >= 0.3 is 5.97 Å². The number of nitrogens with zero attached hydrogens (tertiary/aromatic N) is 1. The highest BCUT2D eigenvalue weighted by molar-refractivity contribution is 7.13. The van der Waals surface area contributed by atoms with E-state index in [1.54, 1.807) is 23.5 Å². The number of methoxy groups -OCH3 is 1. The molecule has 2 rings (SSSR count). The van der Waals surface area contributed by atoms with Crippen molar-refractivity contribution in [3.05, 3.63) is 40.9 Å². The summed E-state index contributed by atoms with van der Waals surface area (Å²) >= 11 is 1.55. The highest BCUT2D eigenvalue weighted by atomic mass is 32.1. The summed E-state index contributed by atoms with van der Waals surface area (Å²) in [7, 11) is 1.37. The van der Waals surface area contributed by atoms with Crippen molar-refractivity contribution in [2.45, 2.75) is 19.8 Å². The summed E-state index contributed by atoms with van der Waals surface area (Å²) in [5.74, 6) is 0.0684. The van der Waals surface area contributed by atoms with E-state index in [2.05, 4.69) is 24.1 Å². The third-order valence-corrected chi connectivity index (χ3v) is 3.42. The van der Waals surface area contributed by atoms with Crippen LogP contribution < -0.4 is 5.32 Å². The Morgan fingerprint density at radius 3 is 2.84 bits per heavy atom. The van der Waals surface area contributed by atoms with Gasteiger partial charge in [0.05, 0.1) is 18.4 Å². The SMILES string of the molecule is COC(=O)c1cccc(Nc2nc(C(C)C)cs2)c1. The molecule has 5 heteroatoms. The van der Waals surface area contributed by atoms with E-state index in [9.17, 15) is 4.79 Å². The zero-order valence-corrected chi connectivity index (χ0v) is 12.0. The Balaban J connectivity index is 2.16. The summed E-state index contributed by atoms with van der Waals surface area (Å²) in [6, 6.07) is 7.18. The molecule has 2 aromatic rings. The van der Waals surface area contributed by atoms with E-state index in [4.69, 9.17) is 4.74 Å². The van der Waals surface area contributed by atoms with Crippen molar-refractivity contribution in [3.63, 3.8) is 0 Å². The number of anilines is 2. The largest absolute Gasteiger partial charge is 0.465 e. The van der Waals surface area contributed by atoms with Crippen LogP contribution in [-0.4, -0.2) is 18.1 Å². The smallest absolute Gasteiger partial charge is 0.337 e. The lowest BCUT2D eigenvalue weighted by molar-refractivity contribution is 0.0601. The van der Waals surface area contributed by atoms with Crippen LogP contribution in [0.1, 0.15) is 35.8 Å². The summed E-state index contributed by atoms with van der Waals surface area (Å²) in [5, 5.41) is 6.06. The fourth-order valence-electron chi connectivity index (χ4n) is 1.57. The first-order valence-corrected chi connectivity index (χ1v) is 6.89. The minimum Gasteiger partial charge on any atom is -0.465 e. The van der Waals surface area contributed by atoms with Gasteiger partial charge in [0, 0.05) is 11.1 Å². The lowest BCUT2D eigenvalue weighted by atomic mass is 10.2. The molecule has 0 fully saturated rings. The maximum absolute atomic E-state index is 11.4. The van der Waals surface area contributed by atoms with E-state index in [-0.39, 0.29) is 5.97 Å². The van der Waals surface area contributed by atoms with Crippen LogP contribution in [0.2, 0.25) is 0 Å². The number of hydrogen-bond acceptors (Lipinski definition) is 5. The van der Waals surface area contributed by atoms with Gasteiger partial charge < -0.3 is 10.1 Å². The van der Waals surface area contributed by atoms with Crippen molar-refractivity contribution in [1.29, 1.82) is 0 Å². The van der Waals surface area contributed by atoms with Gasteiger partial charge in [-0.3, -0.25) is 0 Å². The first-order chi connectivity index (χ1) is 9.10. The number of rotatable bonds is 4. The fourth-order valence-corrected chi connectivity index (χ4v) is 2.47. The molecular formula is C14H16N2O2S. The van der Waals surface area contributed by atoms with Crippen LogP contribution in [0.25, 0.3) is 0 Å². The minimum atomic E-state index is -0.342. The van der Waals surface area contributed by atoms with Crippen molar-refractivity contribution < 1.29 is 9.53 Å². The van der Waals surface area contributed by atoms with Gasteiger partial charge in [0.25, 0.3) is 0 Å². The van der Waals surface area contributed by atoms with Gasteiger partial charge in [-0.2, -0.15) is 0 Å². The second kappa shape index (κ2) is 5.84. The van der Waals surface area contributed by atoms with Crippen molar-refractivity contribution in [2.24, 2.45) is 0 Å². The van der Waals surface area contributed by atoms with Gasteiger partial charge in [-0.15, -0.1) is 11.3 Å². The molecule has 0 bridgehead atoms.